The number of carbonyl (C=O) groups excluding carboxylic acids is 2. The first-order chi connectivity index (χ1) is 10.0. The van der Waals surface area contributed by atoms with Crippen LogP contribution in [-0.4, -0.2) is 34.0 Å². The smallest absolute Gasteiger partial charge is 0.295 e. The topological polar surface area (TPSA) is 99.8 Å². The number of benzene rings is 1. The average Bonchev–Trinajstić information content (AvgIpc) is 2.97. The number of aryl methyl sites for hydroxylation is 2. The fraction of sp³-hybridized carbons (Fsp3) is 0.286. The zero-order chi connectivity index (χ0) is 15.4. The van der Waals surface area contributed by atoms with Crippen molar-refractivity contribution in [2.45, 2.75) is 20.3 Å². The molecule has 3 N–H and O–H groups in total. The van der Waals surface area contributed by atoms with Gasteiger partial charge in [-0.15, -0.1) is 5.10 Å². The summed E-state index contributed by atoms with van der Waals surface area (Å²) >= 11 is 0. The fourth-order valence-electron chi connectivity index (χ4n) is 1.78. The monoisotopic (exact) mass is 287 g/mol. The second-order valence-electron chi connectivity index (χ2n) is 4.52. The van der Waals surface area contributed by atoms with Gasteiger partial charge in [0.25, 0.3) is 11.8 Å². The lowest BCUT2D eigenvalue weighted by molar-refractivity contribution is 0.0961. The molecular formula is C14H17N5O2. The first kappa shape index (κ1) is 14.7. The largest absolute Gasteiger partial charge is 0.355 e. The van der Waals surface area contributed by atoms with Crippen molar-refractivity contribution in [2.24, 2.45) is 0 Å². The van der Waals surface area contributed by atoms with Gasteiger partial charge in [0.2, 0.25) is 5.82 Å². The molecule has 7 nitrogen and oxygen atoms in total. The third kappa shape index (κ3) is 3.25. The van der Waals surface area contributed by atoms with Crippen molar-refractivity contribution < 1.29 is 9.59 Å². The number of aromatic nitrogens is 3. The van der Waals surface area contributed by atoms with Gasteiger partial charge in [0.15, 0.2) is 0 Å². The van der Waals surface area contributed by atoms with Gasteiger partial charge in [-0.25, -0.2) is 4.98 Å². The molecule has 2 amide bonds. The van der Waals surface area contributed by atoms with Gasteiger partial charge in [-0.2, -0.15) is 0 Å². The van der Waals surface area contributed by atoms with E-state index in [2.05, 4.69) is 25.8 Å². The third-order valence-electron chi connectivity index (χ3n) is 3.04. The maximum absolute atomic E-state index is 12.1. The van der Waals surface area contributed by atoms with Crippen molar-refractivity contribution in [1.82, 2.24) is 20.5 Å². The van der Waals surface area contributed by atoms with Crippen molar-refractivity contribution in [1.29, 1.82) is 0 Å². The Bertz CT molecular complexity index is 678. The maximum atomic E-state index is 12.1. The van der Waals surface area contributed by atoms with E-state index >= 15 is 0 Å². The van der Waals surface area contributed by atoms with E-state index in [0.29, 0.717) is 23.5 Å². The summed E-state index contributed by atoms with van der Waals surface area (Å²) in [5.41, 5.74) is 1.88. The van der Waals surface area contributed by atoms with Crippen LogP contribution in [0, 0.1) is 6.92 Å². The Morgan fingerprint density at radius 1 is 1.29 bits per heavy atom. The van der Waals surface area contributed by atoms with Crippen molar-refractivity contribution in [2.75, 3.05) is 12.4 Å². The molecule has 0 aliphatic carbocycles. The Morgan fingerprint density at radius 2 is 2.05 bits per heavy atom. The van der Waals surface area contributed by atoms with E-state index in [-0.39, 0.29) is 11.7 Å². The Morgan fingerprint density at radius 3 is 2.67 bits per heavy atom. The van der Waals surface area contributed by atoms with E-state index in [4.69, 9.17) is 0 Å². The van der Waals surface area contributed by atoms with Crippen LogP contribution >= 0.6 is 0 Å². The molecule has 0 aliphatic rings. The highest BCUT2D eigenvalue weighted by molar-refractivity contribution is 6.03. The number of H-pyrrole nitrogens is 1. The lowest BCUT2D eigenvalue weighted by atomic mass is 10.1. The van der Waals surface area contributed by atoms with Crippen LogP contribution < -0.4 is 10.6 Å². The number of anilines is 1. The third-order valence-corrected chi connectivity index (χ3v) is 3.04. The first-order valence-electron chi connectivity index (χ1n) is 6.60. The zero-order valence-corrected chi connectivity index (χ0v) is 12.2. The molecular weight excluding hydrogens is 270 g/mol. The van der Waals surface area contributed by atoms with Crippen LogP contribution in [0.3, 0.4) is 0 Å². The minimum atomic E-state index is -0.414. The molecule has 21 heavy (non-hydrogen) atoms. The molecule has 0 spiro atoms. The summed E-state index contributed by atoms with van der Waals surface area (Å²) in [7, 11) is 1.56. The van der Waals surface area contributed by atoms with Crippen LogP contribution in [0.25, 0.3) is 0 Å². The van der Waals surface area contributed by atoms with Gasteiger partial charge in [-0.05, 0) is 24.6 Å². The van der Waals surface area contributed by atoms with Crippen LogP contribution in [0.5, 0.6) is 0 Å². The summed E-state index contributed by atoms with van der Waals surface area (Å²) in [5.74, 6) is 0.104. The molecule has 1 aromatic carbocycles. The molecule has 1 heterocycles. The standard InChI is InChI=1S/C14H17N5O2/c1-4-11-17-12(19-18-11)14(21)16-10-7-9(13(20)15-3)6-5-8(10)2/h5-7H,4H2,1-3H3,(H,15,20)(H,16,21)(H,17,18,19). The van der Waals surface area contributed by atoms with E-state index in [0.717, 1.165) is 5.56 Å². The SMILES string of the molecule is CCc1nc(C(=O)Nc2cc(C(=O)NC)ccc2C)n[nH]1. The van der Waals surface area contributed by atoms with E-state index < -0.39 is 5.91 Å². The average molecular weight is 287 g/mol. The molecule has 0 radical (unpaired) electrons. The van der Waals surface area contributed by atoms with Gasteiger partial charge in [0, 0.05) is 24.7 Å². The van der Waals surface area contributed by atoms with Crippen LogP contribution in [-0.2, 0) is 6.42 Å². The number of hydrogen-bond acceptors (Lipinski definition) is 4. The molecule has 7 heteroatoms. The molecule has 2 rings (SSSR count). The van der Waals surface area contributed by atoms with Gasteiger partial charge in [0.1, 0.15) is 5.82 Å². The number of carbonyl (C=O) groups is 2. The summed E-state index contributed by atoms with van der Waals surface area (Å²) in [4.78, 5) is 27.8. The normalized spacial score (nSPS) is 10.2. The van der Waals surface area contributed by atoms with Crippen molar-refractivity contribution in [3.63, 3.8) is 0 Å². The second kappa shape index (κ2) is 6.17. The maximum Gasteiger partial charge on any atom is 0.295 e. The quantitative estimate of drug-likeness (QED) is 0.788. The predicted octanol–water partition coefficient (Wildman–Crippen LogP) is 1.29. The fourth-order valence-corrected chi connectivity index (χ4v) is 1.78. The lowest BCUT2D eigenvalue weighted by Crippen LogP contribution is -2.19. The Hall–Kier alpha value is -2.70. The summed E-state index contributed by atoms with van der Waals surface area (Å²) < 4.78 is 0. The highest BCUT2D eigenvalue weighted by Gasteiger charge is 2.14. The summed E-state index contributed by atoms with van der Waals surface area (Å²) in [5, 5.41) is 11.8. The second-order valence-corrected chi connectivity index (χ2v) is 4.52. The van der Waals surface area contributed by atoms with Crippen LogP contribution in [0.2, 0.25) is 0 Å². The molecule has 0 atom stereocenters. The zero-order valence-electron chi connectivity index (χ0n) is 12.2. The number of aromatic amines is 1. The van der Waals surface area contributed by atoms with E-state index in [1.807, 2.05) is 13.8 Å². The van der Waals surface area contributed by atoms with Crippen LogP contribution in [0.1, 0.15) is 39.3 Å². The molecule has 0 fully saturated rings. The molecule has 1 aromatic heterocycles. The molecule has 0 bridgehead atoms. The number of hydrogen-bond donors (Lipinski definition) is 3. The van der Waals surface area contributed by atoms with E-state index in [1.165, 1.54) is 0 Å². The summed E-state index contributed by atoms with van der Waals surface area (Å²) in [6.45, 7) is 3.76. The molecule has 0 aliphatic heterocycles. The highest BCUT2D eigenvalue weighted by atomic mass is 16.2. The lowest BCUT2D eigenvalue weighted by Gasteiger charge is -2.08. The van der Waals surface area contributed by atoms with Crippen LogP contribution in [0.15, 0.2) is 18.2 Å². The number of amides is 2. The molecule has 0 saturated heterocycles. The summed E-state index contributed by atoms with van der Waals surface area (Å²) in [6, 6.07) is 5.10. The Labute approximate surface area is 122 Å². The van der Waals surface area contributed by atoms with Crippen molar-refractivity contribution in [3.8, 4) is 0 Å². The van der Waals surface area contributed by atoms with Gasteiger partial charge < -0.3 is 10.6 Å². The van der Waals surface area contributed by atoms with E-state index in [9.17, 15) is 9.59 Å². The highest BCUT2D eigenvalue weighted by Crippen LogP contribution is 2.17. The first-order valence-corrected chi connectivity index (χ1v) is 6.60. The van der Waals surface area contributed by atoms with E-state index in [1.54, 1.807) is 25.2 Å². The van der Waals surface area contributed by atoms with Gasteiger partial charge in [0.05, 0.1) is 0 Å². The van der Waals surface area contributed by atoms with Crippen LogP contribution in [0.4, 0.5) is 5.69 Å². The van der Waals surface area contributed by atoms with Crippen molar-refractivity contribution >= 4 is 17.5 Å². The minimum absolute atomic E-state index is 0.0802. The molecule has 0 unspecified atom stereocenters. The van der Waals surface area contributed by atoms with Gasteiger partial charge in [-0.1, -0.05) is 13.0 Å². The van der Waals surface area contributed by atoms with Crippen molar-refractivity contribution in [3.05, 3.63) is 41.0 Å². The number of nitrogens with one attached hydrogen (secondary N) is 3. The Balaban J connectivity index is 2.22. The van der Waals surface area contributed by atoms with Gasteiger partial charge in [-0.3, -0.25) is 14.7 Å². The number of rotatable bonds is 4. The molecule has 110 valence electrons. The molecule has 0 saturated carbocycles. The Kier molecular flexibility index (Phi) is 4.32. The van der Waals surface area contributed by atoms with Gasteiger partial charge >= 0.3 is 0 Å². The summed E-state index contributed by atoms with van der Waals surface area (Å²) in [6.07, 6.45) is 0.672. The number of nitrogens with zero attached hydrogens (tertiary/aromatic N) is 2. The minimum Gasteiger partial charge on any atom is -0.355 e. The molecule has 2 aromatic rings. The predicted molar refractivity (Wildman–Crippen MR) is 78.3 cm³/mol.